The molecule has 0 heterocycles. The second-order valence-electron chi connectivity index (χ2n) is 4.28. The van der Waals surface area contributed by atoms with Crippen LogP contribution in [-0.2, 0) is 9.53 Å². The van der Waals surface area contributed by atoms with Crippen molar-refractivity contribution in [3.8, 4) is 5.75 Å². The molecule has 1 aromatic rings. The van der Waals surface area contributed by atoms with Crippen LogP contribution < -0.4 is 4.74 Å². The molecule has 4 heteroatoms. The van der Waals surface area contributed by atoms with Crippen molar-refractivity contribution in [3.63, 3.8) is 0 Å². The van der Waals surface area contributed by atoms with E-state index in [4.69, 9.17) is 9.47 Å². The van der Waals surface area contributed by atoms with E-state index in [2.05, 4.69) is 0 Å². The van der Waals surface area contributed by atoms with E-state index in [0.29, 0.717) is 0 Å². The van der Waals surface area contributed by atoms with Crippen LogP contribution in [0.15, 0.2) is 24.3 Å². The Balaban J connectivity index is 2.79. The Bertz CT molecular complexity index is 389. The van der Waals surface area contributed by atoms with Crippen LogP contribution in [0.1, 0.15) is 25.5 Å². The lowest BCUT2D eigenvalue weighted by Gasteiger charge is -2.27. The van der Waals surface area contributed by atoms with Crippen molar-refractivity contribution in [2.24, 2.45) is 0 Å². The second-order valence-corrected chi connectivity index (χ2v) is 4.28. The summed E-state index contributed by atoms with van der Waals surface area (Å²) in [5, 5.41) is 0. The lowest BCUT2D eigenvalue weighted by molar-refractivity contribution is -0.141. The monoisotopic (exact) mass is 251 g/mol. The maximum atomic E-state index is 12.0. The number of nitrogens with zero attached hydrogens (tertiary/aromatic N) is 1. The van der Waals surface area contributed by atoms with E-state index in [1.54, 1.807) is 26.0 Å². The van der Waals surface area contributed by atoms with Crippen LogP contribution in [0.25, 0.3) is 0 Å². The van der Waals surface area contributed by atoms with Crippen LogP contribution in [0.2, 0.25) is 0 Å². The molecule has 1 amide bonds. The fourth-order valence-corrected chi connectivity index (χ4v) is 1.68. The normalized spacial score (nSPS) is 13.8. The minimum Gasteiger partial charge on any atom is -0.497 e. The predicted octanol–water partition coefficient (Wildman–Crippen LogP) is 2.25. The molecule has 100 valence electrons. The highest BCUT2D eigenvalue weighted by molar-refractivity contribution is 5.80. The van der Waals surface area contributed by atoms with Gasteiger partial charge < -0.3 is 14.4 Å². The van der Waals surface area contributed by atoms with Crippen LogP contribution >= 0.6 is 0 Å². The molecule has 0 saturated heterocycles. The molecule has 0 aliphatic heterocycles. The standard InChI is InChI=1S/C14H21NO3/c1-10(15(3)14(16)11(2)17-4)12-6-8-13(18-5)9-7-12/h6-11H,1-5H3/t10-,11+/m1/s1. The molecule has 0 aromatic heterocycles. The third-order valence-corrected chi connectivity index (χ3v) is 3.23. The minimum atomic E-state index is -0.421. The van der Waals surface area contributed by atoms with Crippen molar-refractivity contribution in [2.45, 2.75) is 26.0 Å². The van der Waals surface area contributed by atoms with Gasteiger partial charge in [0.2, 0.25) is 0 Å². The number of methoxy groups -OCH3 is 2. The Hall–Kier alpha value is -1.55. The topological polar surface area (TPSA) is 38.8 Å². The van der Waals surface area contributed by atoms with Gasteiger partial charge in [0.1, 0.15) is 11.9 Å². The van der Waals surface area contributed by atoms with E-state index >= 15 is 0 Å². The largest absolute Gasteiger partial charge is 0.497 e. The van der Waals surface area contributed by atoms with Gasteiger partial charge in [0.05, 0.1) is 13.2 Å². The van der Waals surface area contributed by atoms with Gasteiger partial charge in [0, 0.05) is 14.2 Å². The van der Waals surface area contributed by atoms with Crippen LogP contribution in [-0.4, -0.2) is 38.2 Å². The Kier molecular flexibility index (Phi) is 5.16. The molecule has 4 nitrogen and oxygen atoms in total. The highest BCUT2D eigenvalue weighted by atomic mass is 16.5. The fourth-order valence-electron chi connectivity index (χ4n) is 1.68. The molecule has 0 spiro atoms. The van der Waals surface area contributed by atoms with E-state index in [1.165, 1.54) is 7.11 Å². The molecule has 18 heavy (non-hydrogen) atoms. The molecule has 1 rings (SSSR count). The fraction of sp³-hybridized carbons (Fsp3) is 0.500. The smallest absolute Gasteiger partial charge is 0.251 e. The maximum absolute atomic E-state index is 12.0. The van der Waals surface area contributed by atoms with Gasteiger partial charge in [0.15, 0.2) is 0 Å². The zero-order valence-corrected chi connectivity index (χ0v) is 11.6. The molecule has 0 unspecified atom stereocenters. The number of likely N-dealkylation sites (N-methyl/N-ethyl adjacent to an activating group) is 1. The molecular weight excluding hydrogens is 230 g/mol. The van der Waals surface area contributed by atoms with Crippen LogP contribution in [0.5, 0.6) is 5.75 Å². The van der Waals surface area contributed by atoms with E-state index < -0.39 is 6.10 Å². The number of ether oxygens (including phenoxy) is 2. The lowest BCUT2D eigenvalue weighted by atomic mass is 10.1. The number of rotatable bonds is 5. The minimum absolute atomic E-state index is 0.000932. The van der Waals surface area contributed by atoms with Gasteiger partial charge in [-0.05, 0) is 31.5 Å². The van der Waals surface area contributed by atoms with E-state index in [0.717, 1.165) is 11.3 Å². The third kappa shape index (κ3) is 3.23. The Morgan fingerprint density at radius 3 is 2.17 bits per heavy atom. The second kappa shape index (κ2) is 6.40. The van der Waals surface area contributed by atoms with Gasteiger partial charge in [0.25, 0.3) is 5.91 Å². The molecular formula is C14H21NO3. The number of benzene rings is 1. The van der Waals surface area contributed by atoms with E-state index in [9.17, 15) is 4.79 Å². The van der Waals surface area contributed by atoms with Gasteiger partial charge in [-0.2, -0.15) is 0 Å². The molecule has 0 saturated carbocycles. The number of carbonyl (C=O) groups is 1. The summed E-state index contributed by atoms with van der Waals surface area (Å²) in [6.07, 6.45) is -0.421. The SMILES string of the molecule is COc1ccc([C@@H](C)N(C)C(=O)[C@H](C)OC)cc1. The quantitative estimate of drug-likeness (QED) is 0.805. The Morgan fingerprint density at radius 1 is 1.17 bits per heavy atom. The summed E-state index contributed by atoms with van der Waals surface area (Å²) >= 11 is 0. The van der Waals surface area contributed by atoms with Crippen LogP contribution in [0.3, 0.4) is 0 Å². The van der Waals surface area contributed by atoms with Crippen molar-refractivity contribution < 1.29 is 14.3 Å². The van der Waals surface area contributed by atoms with Gasteiger partial charge in [-0.3, -0.25) is 4.79 Å². The summed E-state index contributed by atoms with van der Waals surface area (Å²) in [6, 6.07) is 7.71. The predicted molar refractivity (Wildman–Crippen MR) is 70.7 cm³/mol. The molecule has 0 aliphatic carbocycles. The average molecular weight is 251 g/mol. The van der Waals surface area contributed by atoms with E-state index in [-0.39, 0.29) is 11.9 Å². The summed E-state index contributed by atoms with van der Waals surface area (Å²) in [7, 11) is 4.95. The van der Waals surface area contributed by atoms with Crippen LogP contribution in [0.4, 0.5) is 0 Å². The number of amides is 1. The van der Waals surface area contributed by atoms with Crippen molar-refractivity contribution in [1.29, 1.82) is 0 Å². The Morgan fingerprint density at radius 2 is 1.72 bits per heavy atom. The van der Waals surface area contributed by atoms with Crippen molar-refractivity contribution in [3.05, 3.63) is 29.8 Å². The first-order valence-electron chi connectivity index (χ1n) is 5.94. The first-order chi connectivity index (χ1) is 8.51. The highest BCUT2D eigenvalue weighted by Gasteiger charge is 2.22. The van der Waals surface area contributed by atoms with E-state index in [1.807, 2.05) is 31.2 Å². The lowest BCUT2D eigenvalue weighted by Crippen LogP contribution is -2.37. The molecule has 2 atom stereocenters. The first-order valence-corrected chi connectivity index (χ1v) is 5.94. The zero-order chi connectivity index (χ0) is 13.7. The molecule has 0 bridgehead atoms. The summed E-state index contributed by atoms with van der Waals surface area (Å²) in [4.78, 5) is 13.7. The number of carbonyl (C=O) groups excluding carboxylic acids is 1. The molecule has 1 aromatic carbocycles. The van der Waals surface area contributed by atoms with Crippen LogP contribution in [0, 0.1) is 0 Å². The first kappa shape index (κ1) is 14.5. The molecule has 0 N–H and O–H groups in total. The summed E-state index contributed by atoms with van der Waals surface area (Å²) in [5.74, 6) is 0.783. The molecule has 0 aliphatic rings. The van der Waals surface area contributed by atoms with Crippen molar-refractivity contribution in [1.82, 2.24) is 4.90 Å². The average Bonchev–Trinajstić information content (AvgIpc) is 2.44. The highest BCUT2D eigenvalue weighted by Crippen LogP contribution is 2.22. The van der Waals surface area contributed by atoms with Gasteiger partial charge in [-0.1, -0.05) is 12.1 Å². The third-order valence-electron chi connectivity index (χ3n) is 3.23. The van der Waals surface area contributed by atoms with Crippen molar-refractivity contribution >= 4 is 5.91 Å². The summed E-state index contributed by atoms with van der Waals surface area (Å²) in [6.45, 7) is 3.74. The summed E-state index contributed by atoms with van der Waals surface area (Å²) in [5.41, 5.74) is 1.06. The zero-order valence-electron chi connectivity index (χ0n) is 11.6. The molecule has 0 fully saturated rings. The number of hydrogen-bond acceptors (Lipinski definition) is 3. The Labute approximate surface area is 108 Å². The summed E-state index contributed by atoms with van der Waals surface area (Å²) < 4.78 is 10.2. The number of hydrogen-bond donors (Lipinski definition) is 0. The van der Waals surface area contributed by atoms with Gasteiger partial charge in [-0.15, -0.1) is 0 Å². The van der Waals surface area contributed by atoms with Gasteiger partial charge >= 0.3 is 0 Å². The molecule has 0 radical (unpaired) electrons. The van der Waals surface area contributed by atoms with Crippen molar-refractivity contribution in [2.75, 3.05) is 21.3 Å². The van der Waals surface area contributed by atoms with Gasteiger partial charge in [-0.25, -0.2) is 0 Å². The maximum Gasteiger partial charge on any atom is 0.251 e.